The molecule has 0 bridgehead atoms. The van der Waals surface area contributed by atoms with E-state index in [1.54, 1.807) is 0 Å². The molecule has 5 nitrogen and oxygen atoms in total. The van der Waals surface area contributed by atoms with Gasteiger partial charge in [0, 0.05) is 24.6 Å². The topological polar surface area (TPSA) is 65.6 Å². The molecule has 92 valence electrons. The van der Waals surface area contributed by atoms with Crippen molar-refractivity contribution in [1.29, 1.82) is 0 Å². The van der Waals surface area contributed by atoms with Crippen molar-refractivity contribution in [2.45, 2.75) is 6.54 Å². The maximum absolute atomic E-state index is 11.2. The van der Waals surface area contributed by atoms with Gasteiger partial charge >= 0.3 is 5.69 Å². The van der Waals surface area contributed by atoms with Crippen LogP contribution in [0.5, 0.6) is 0 Å². The number of fused-ring (bicyclic) bond motifs is 1. The van der Waals surface area contributed by atoms with Gasteiger partial charge in [0.1, 0.15) is 0 Å². The lowest BCUT2D eigenvalue weighted by Crippen LogP contribution is -2.03. The molecule has 0 aliphatic heterocycles. The zero-order chi connectivity index (χ0) is 12.5. The van der Waals surface area contributed by atoms with Crippen LogP contribution in [0.2, 0.25) is 0 Å². The van der Waals surface area contributed by atoms with Crippen molar-refractivity contribution in [3.63, 3.8) is 0 Å². The Labute approximate surface area is 103 Å². The molecular formula is C13H14N4O. The summed E-state index contributed by atoms with van der Waals surface area (Å²) in [6.45, 7) is 0.754. The van der Waals surface area contributed by atoms with Crippen molar-refractivity contribution in [2.24, 2.45) is 7.05 Å². The second kappa shape index (κ2) is 4.10. The standard InChI is InChI=1S/C13H14N4O/c1-17-6-2-3-10(17)8-14-9-4-5-11-12(7-9)16-13(18)15-11/h2-7,14H,8H2,1H3,(H2,15,16,18). The SMILES string of the molecule is Cn1cccc1CNc1ccc2[nH]c(=O)[nH]c2c1. The maximum Gasteiger partial charge on any atom is 0.323 e. The molecule has 3 aromatic rings. The van der Waals surface area contributed by atoms with E-state index in [9.17, 15) is 4.79 Å². The fraction of sp³-hybridized carbons (Fsp3) is 0.154. The summed E-state index contributed by atoms with van der Waals surface area (Å²) in [7, 11) is 2.02. The van der Waals surface area contributed by atoms with Gasteiger partial charge in [-0.1, -0.05) is 0 Å². The minimum atomic E-state index is -0.176. The highest BCUT2D eigenvalue weighted by molar-refractivity contribution is 5.78. The van der Waals surface area contributed by atoms with Crippen LogP contribution in [0.15, 0.2) is 41.3 Å². The Morgan fingerprint density at radius 3 is 2.83 bits per heavy atom. The van der Waals surface area contributed by atoms with Crippen molar-refractivity contribution in [3.8, 4) is 0 Å². The van der Waals surface area contributed by atoms with Crippen molar-refractivity contribution in [2.75, 3.05) is 5.32 Å². The van der Waals surface area contributed by atoms with E-state index >= 15 is 0 Å². The van der Waals surface area contributed by atoms with Gasteiger partial charge in [0.05, 0.1) is 17.6 Å². The van der Waals surface area contributed by atoms with Crippen LogP contribution in [-0.2, 0) is 13.6 Å². The van der Waals surface area contributed by atoms with Gasteiger partial charge in [-0.05, 0) is 30.3 Å². The molecule has 0 saturated carbocycles. The molecular weight excluding hydrogens is 228 g/mol. The molecule has 0 fully saturated rings. The zero-order valence-corrected chi connectivity index (χ0v) is 10.0. The highest BCUT2D eigenvalue weighted by atomic mass is 16.1. The smallest absolute Gasteiger partial charge is 0.323 e. The molecule has 0 unspecified atom stereocenters. The molecule has 2 heterocycles. The van der Waals surface area contributed by atoms with E-state index in [1.807, 2.05) is 37.5 Å². The number of aromatic amines is 2. The van der Waals surface area contributed by atoms with Crippen LogP contribution < -0.4 is 11.0 Å². The quantitative estimate of drug-likeness (QED) is 0.655. The molecule has 0 radical (unpaired) electrons. The number of anilines is 1. The van der Waals surface area contributed by atoms with Crippen LogP contribution in [0.3, 0.4) is 0 Å². The van der Waals surface area contributed by atoms with Gasteiger partial charge in [0.25, 0.3) is 0 Å². The number of hydrogen-bond acceptors (Lipinski definition) is 2. The third-order valence-corrected chi connectivity index (χ3v) is 3.04. The minimum Gasteiger partial charge on any atom is -0.379 e. The largest absolute Gasteiger partial charge is 0.379 e. The Kier molecular flexibility index (Phi) is 2.44. The van der Waals surface area contributed by atoms with Crippen molar-refractivity contribution < 1.29 is 0 Å². The monoisotopic (exact) mass is 242 g/mol. The van der Waals surface area contributed by atoms with Gasteiger partial charge in [-0.2, -0.15) is 0 Å². The lowest BCUT2D eigenvalue weighted by Gasteiger charge is -2.07. The van der Waals surface area contributed by atoms with E-state index in [1.165, 1.54) is 5.69 Å². The Morgan fingerprint density at radius 2 is 2.06 bits per heavy atom. The average molecular weight is 242 g/mol. The first kappa shape index (κ1) is 10.7. The summed E-state index contributed by atoms with van der Waals surface area (Å²) in [4.78, 5) is 16.6. The van der Waals surface area contributed by atoms with Gasteiger partial charge in [-0.25, -0.2) is 4.79 Å². The van der Waals surface area contributed by atoms with Crippen LogP contribution in [0.25, 0.3) is 11.0 Å². The van der Waals surface area contributed by atoms with E-state index in [0.29, 0.717) is 0 Å². The molecule has 3 N–H and O–H groups in total. The fourth-order valence-electron chi connectivity index (χ4n) is 2.02. The summed E-state index contributed by atoms with van der Waals surface area (Å²) in [5, 5.41) is 3.33. The molecule has 0 aliphatic rings. The number of imidazole rings is 1. The van der Waals surface area contributed by atoms with Crippen LogP contribution in [0, 0.1) is 0 Å². The molecule has 18 heavy (non-hydrogen) atoms. The normalized spacial score (nSPS) is 10.9. The highest BCUT2D eigenvalue weighted by Crippen LogP contribution is 2.15. The number of benzene rings is 1. The van der Waals surface area contributed by atoms with E-state index < -0.39 is 0 Å². The third-order valence-electron chi connectivity index (χ3n) is 3.04. The molecule has 5 heteroatoms. The maximum atomic E-state index is 11.2. The van der Waals surface area contributed by atoms with E-state index in [2.05, 4.69) is 25.9 Å². The number of nitrogens with one attached hydrogen (secondary N) is 3. The molecule has 0 atom stereocenters. The second-order valence-corrected chi connectivity index (χ2v) is 4.30. The van der Waals surface area contributed by atoms with Crippen molar-refractivity contribution >= 4 is 16.7 Å². The predicted molar refractivity (Wildman–Crippen MR) is 71.7 cm³/mol. The van der Waals surface area contributed by atoms with Crippen molar-refractivity contribution in [1.82, 2.24) is 14.5 Å². The Bertz CT molecular complexity index is 735. The fourth-order valence-corrected chi connectivity index (χ4v) is 2.02. The van der Waals surface area contributed by atoms with Gasteiger partial charge < -0.3 is 19.9 Å². The third kappa shape index (κ3) is 1.90. The van der Waals surface area contributed by atoms with Crippen LogP contribution in [-0.4, -0.2) is 14.5 Å². The number of hydrogen-bond donors (Lipinski definition) is 3. The molecule has 0 amide bonds. The van der Waals surface area contributed by atoms with Crippen molar-refractivity contribution in [3.05, 3.63) is 52.7 Å². The number of aromatic nitrogens is 3. The summed E-state index contributed by atoms with van der Waals surface area (Å²) in [5.74, 6) is 0. The Morgan fingerprint density at radius 1 is 1.22 bits per heavy atom. The lowest BCUT2D eigenvalue weighted by atomic mass is 10.2. The molecule has 3 rings (SSSR count). The van der Waals surface area contributed by atoms with E-state index in [4.69, 9.17) is 0 Å². The van der Waals surface area contributed by atoms with Crippen LogP contribution in [0.4, 0.5) is 5.69 Å². The summed E-state index contributed by atoms with van der Waals surface area (Å²) in [6, 6.07) is 9.86. The first-order valence-electron chi connectivity index (χ1n) is 5.78. The molecule has 0 saturated heterocycles. The lowest BCUT2D eigenvalue weighted by molar-refractivity contribution is 0.842. The van der Waals surface area contributed by atoms with Gasteiger partial charge in [0.15, 0.2) is 0 Å². The van der Waals surface area contributed by atoms with Gasteiger partial charge in [0.2, 0.25) is 0 Å². The number of H-pyrrole nitrogens is 2. The first-order chi connectivity index (χ1) is 8.72. The predicted octanol–water partition coefficient (Wildman–Crippen LogP) is 1.81. The number of aryl methyl sites for hydroxylation is 1. The second-order valence-electron chi connectivity index (χ2n) is 4.30. The number of rotatable bonds is 3. The molecule has 1 aromatic carbocycles. The molecule has 2 aromatic heterocycles. The Balaban J connectivity index is 1.82. The van der Waals surface area contributed by atoms with Crippen LogP contribution in [0.1, 0.15) is 5.69 Å². The summed E-state index contributed by atoms with van der Waals surface area (Å²) < 4.78 is 2.07. The summed E-state index contributed by atoms with van der Waals surface area (Å²) >= 11 is 0. The summed E-state index contributed by atoms with van der Waals surface area (Å²) in [6.07, 6.45) is 2.02. The Hall–Kier alpha value is -2.43. The van der Waals surface area contributed by atoms with Gasteiger partial charge in [-0.15, -0.1) is 0 Å². The van der Waals surface area contributed by atoms with Crippen LogP contribution >= 0.6 is 0 Å². The number of nitrogens with zero attached hydrogens (tertiary/aromatic N) is 1. The highest BCUT2D eigenvalue weighted by Gasteiger charge is 2.01. The minimum absolute atomic E-state index is 0.176. The van der Waals surface area contributed by atoms with Gasteiger partial charge in [-0.3, -0.25) is 0 Å². The van der Waals surface area contributed by atoms with E-state index in [-0.39, 0.29) is 5.69 Å². The molecule has 0 spiro atoms. The molecule has 0 aliphatic carbocycles. The summed E-state index contributed by atoms with van der Waals surface area (Å²) in [5.41, 5.74) is 3.66. The average Bonchev–Trinajstić information content (AvgIpc) is 2.90. The van der Waals surface area contributed by atoms with E-state index in [0.717, 1.165) is 23.3 Å². The zero-order valence-electron chi connectivity index (χ0n) is 10.0. The first-order valence-corrected chi connectivity index (χ1v) is 5.78.